The van der Waals surface area contributed by atoms with Crippen LogP contribution in [0.25, 0.3) is 0 Å². The summed E-state index contributed by atoms with van der Waals surface area (Å²) in [6, 6.07) is 6.42. The van der Waals surface area contributed by atoms with Crippen LogP contribution in [0.4, 0.5) is 0 Å². The lowest BCUT2D eigenvalue weighted by molar-refractivity contribution is -0.153. The summed E-state index contributed by atoms with van der Waals surface area (Å²) >= 11 is 0. The van der Waals surface area contributed by atoms with Crippen molar-refractivity contribution in [3.63, 3.8) is 0 Å². The summed E-state index contributed by atoms with van der Waals surface area (Å²) in [5, 5.41) is 13.0. The molecular formula is C23H27N3O7. The van der Waals surface area contributed by atoms with E-state index in [4.69, 9.17) is 15.2 Å². The van der Waals surface area contributed by atoms with Crippen LogP contribution in [0.5, 0.6) is 5.75 Å². The highest BCUT2D eigenvalue weighted by Crippen LogP contribution is 2.28. The number of aromatic hydroxyl groups is 1. The van der Waals surface area contributed by atoms with Gasteiger partial charge in [0.1, 0.15) is 23.5 Å². The van der Waals surface area contributed by atoms with Crippen molar-refractivity contribution >= 4 is 17.8 Å². The van der Waals surface area contributed by atoms with Gasteiger partial charge >= 0.3 is 5.97 Å². The molecule has 0 saturated carbocycles. The van der Waals surface area contributed by atoms with E-state index in [2.05, 4.69) is 5.32 Å². The predicted molar refractivity (Wildman–Crippen MR) is 118 cm³/mol. The van der Waals surface area contributed by atoms with Crippen molar-refractivity contribution in [1.82, 2.24) is 9.88 Å². The van der Waals surface area contributed by atoms with E-state index in [1.807, 2.05) is 0 Å². The normalized spacial score (nSPS) is 13.2. The van der Waals surface area contributed by atoms with Gasteiger partial charge in [0.25, 0.3) is 11.5 Å². The van der Waals surface area contributed by atoms with Crippen LogP contribution in [0, 0.1) is 0 Å². The third kappa shape index (κ3) is 5.58. The molecule has 0 spiro atoms. The fourth-order valence-corrected chi connectivity index (χ4v) is 3.54. The maximum absolute atomic E-state index is 13.3. The number of rotatable bonds is 6. The summed E-state index contributed by atoms with van der Waals surface area (Å²) in [4.78, 5) is 49.3. The van der Waals surface area contributed by atoms with Crippen molar-refractivity contribution in [3.05, 3.63) is 62.6 Å². The van der Waals surface area contributed by atoms with Crippen molar-refractivity contribution < 1.29 is 29.0 Å². The number of hydrogen-bond acceptors (Lipinski definition) is 7. The molecule has 0 unspecified atom stereocenters. The molecule has 2 heterocycles. The summed E-state index contributed by atoms with van der Waals surface area (Å²) in [7, 11) is 0. The fourth-order valence-electron chi connectivity index (χ4n) is 3.54. The highest BCUT2D eigenvalue weighted by Gasteiger charge is 2.28. The van der Waals surface area contributed by atoms with Crippen LogP contribution in [-0.2, 0) is 33.8 Å². The second-order valence-electron chi connectivity index (χ2n) is 8.67. The van der Waals surface area contributed by atoms with Crippen LogP contribution in [0.2, 0.25) is 0 Å². The standard InChI is InChI=1S/C23H27N3O7/c1-23(2,3)33-17(27)10-25-21(30)18-19(28)15-12-32-9-8-16(15)26(22(18)31)11-13-4-6-14(7-5-13)20(24)29/h4-7,28H,8-12H2,1-3H3,(H2,24,29)(H,25,30). The number of benzene rings is 1. The van der Waals surface area contributed by atoms with E-state index < -0.39 is 46.8 Å². The number of fused-ring (bicyclic) bond motifs is 1. The molecule has 0 fully saturated rings. The highest BCUT2D eigenvalue weighted by atomic mass is 16.6. The topological polar surface area (TPSA) is 150 Å². The summed E-state index contributed by atoms with van der Waals surface area (Å²) in [5.41, 5.74) is 5.29. The van der Waals surface area contributed by atoms with E-state index in [1.54, 1.807) is 45.0 Å². The minimum atomic E-state index is -0.894. The zero-order chi connectivity index (χ0) is 24.3. The molecule has 33 heavy (non-hydrogen) atoms. The number of nitrogens with one attached hydrogen (secondary N) is 1. The Morgan fingerprint density at radius 1 is 1.21 bits per heavy atom. The fraction of sp³-hybridized carbons (Fsp3) is 0.391. The third-order valence-electron chi connectivity index (χ3n) is 5.00. The average Bonchev–Trinajstić information content (AvgIpc) is 2.74. The number of ether oxygens (including phenoxy) is 2. The Bertz CT molecular complexity index is 1140. The quantitative estimate of drug-likeness (QED) is 0.544. The number of primary amides is 1. The molecule has 0 radical (unpaired) electrons. The summed E-state index contributed by atoms with van der Waals surface area (Å²) in [6.45, 7) is 5.11. The summed E-state index contributed by atoms with van der Waals surface area (Å²) in [6.07, 6.45) is 0.372. The van der Waals surface area contributed by atoms with Gasteiger partial charge in [0.15, 0.2) is 0 Å². The van der Waals surface area contributed by atoms with E-state index in [9.17, 15) is 24.3 Å². The van der Waals surface area contributed by atoms with Gasteiger partial charge in [-0.1, -0.05) is 12.1 Å². The van der Waals surface area contributed by atoms with Gasteiger partial charge in [-0.3, -0.25) is 19.2 Å². The molecule has 176 valence electrons. The molecule has 4 N–H and O–H groups in total. The number of aromatic nitrogens is 1. The van der Waals surface area contributed by atoms with Gasteiger partial charge in [-0.25, -0.2) is 0 Å². The second kappa shape index (κ2) is 9.45. The molecule has 0 saturated heterocycles. The molecule has 1 aromatic carbocycles. The Morgan fingerprint density at radius 3 is 2.48 bits per heavy atom. The van der Waals surface area contributed by atoms with Gasteiger partial charge in [-0.15, -0.1) is 0 Å². The molecule has 1 aliphatic heterocycles. The molecular weight excluding hydrogens is 430 g/mol. The number of pyridine rings is 1. The van der Waals surface area contributed by atoms with Crippen molar-refractivity contribution in [2.45, 2.75) is 45.9 Å². The van der Waals surface area contributed by atoms with Crippen LogP contribution in [0.15, 0.2) is 29.1 Å². The molecule has 10 nitrogen and oxygen atoms in total. The van der Waals surface area contributed by atoms with E-state index >= 15 is 0 Å². The average molecular weight is 457 g/mol. The molecule has 3 rings (SSSR count). The monoisotopic (exact) mass is 457 g/mol. The van der Waals surface area contributed by atoms with Gasteiger partial charge in [-0.2, -0.15) is 0 Å². The Balaban J connectivity index is 1.94. The first kappa shape index (κ1) is 24.0. The predicted octanol–water partition coefficient (Wildman–Crippen LogP) is 0.845. The van der Waals surface area contributed by atoms with E-state index in [0.717, 1.165) is 0 Å². The van der Waals surface area contributed by atoms with Gasteiger partial charge < -0.3 is 30.2 Å². The number of esters is 1. The Hall–Kier alpha value is -3.66. The highest BCUT2D eigenvalue weighted by molar-refractivity contribution is 5.98. The Morgan fingerprint density at radius 2 is 1.88 bits per heavy atom. The molecule has 0 aliphatic carbocycles. The van der Waals surface area contributed by atoms with Crippen LogP contribution >= 0.6 is 0 Å². The van der Waals surface area contributed by atoms with Gasteiger partial charge in [0.05, 0.1) is 19.8 Å². The number of hydrogen-bond donors (Lipinski definition) is 3. The Labute approximate surface area is 190 Å². The molecule has 2 aromatic rings. The lowest BCUT2D eigenvalue weighted by atomic mass is 10.0. The molecule has 0 bridgehead atoms. The number of carbonyl (C=O) groups is 3. The molecule has 0 atom stereocenters. The number of nitrogens with zero attached hydrogens (tertiary/aromatic N) is 1. The zero-order valence-corrected chi connectivity index (χ0v) is 18.8. The minimum Gasteiger partial charge on any atom is -0.506 e. The number of amides is 2. The molecule has 1 aromatic heterocycles. The molecule has 10 heteroatoms. The van der Waals surface area contributed by atoms with E-state index in [1.165, 1.54) is 4.57 Å². The van der Waals surface area contributed by atoms with Crippen molar-refractivity contribution in [3.8, 4) is 5.75 Å². The molecule has 1 aliphatic rings. The maximum atomic E-state index is 13.3. The first-order chi connectivity index (χ1) is 15.5. The van der Waals surface area contributed by atoms with Gasteiger partial charge in [-0.05, 0) is 38.5 Å². The SMILES string of the molecule is CC(C)(C)OC(=O)CNC(=O)c1c(O)c2c(n(Cc3ccc(C(N)=O)cc3)c1=O)CCOC2. The van der Waals surface area contributed by atoms with E-state index in [-0.39, 0.29) is 13.2 Å². The van der Waals surface area contributed by atoms with Crippen LogP contribution < -0.4 is 16.6 Å². The van der Waals surface area contributed by atoms with E-state index in [0.29, 0.717) is 35.4 Å². The first-order valence-corrected chi connectivity index (χ1v) is 10.4. The van der Waals surface area contributed by atoms with Crippen LogP contribution in [0.1, 0.15) is 58.3 Å². The minimum absolute atomic E-state index is 0.0361. The first-order valence-electron chi connectivity index (χ1n) is 10.4. The van der Waals surface area contributed by atoms with Crippen LogP contribution in [-0.4, -0.2) is 46.2 Å². The number of carbonyl (C=O) groups excluding carboxylic acids is 3. The van der Waals surface area contributed by atoms with Crippen molar-refractivity contribution in [2.24, 2.45) is 5.73 Å². The van der Waals surface area contributed by atoms with Crippen LogP contribution in [0.3, 0.4) is 0 Å². The smallest absolute Gasteiger partial charge is 0.325 e. The number of nitrogens with two attached hydrogens (primary N) is 1. The summed E-state index contributed by atoms with van der Waals surface area (Å²) < 4.78 is 12.0. The maximum Gasteiger partial charge on any atom is 0.325 e. The van der Waals surface area contributed by atoms with Gasteiger partial charge in [0, 0.05) is 23.2 Å². The largest absolute Gasteiger partial charge is 0.506 e. The Kier molecular flexibility index (Phi) is 6.87. The van der Waals surface area contributed by atoms with Crippen molar-refractivity contribution in [1.29, 1.82) is 0 Å². The second-order valence-corrected chi connectivity index (χ2v) is 8.67. The zero-order valence-electron chi connectivity index (χ0n) is 18.8. The molecule has 2 amide bonds. The summed E-state index contributed by atoms with van der Waals surface area (Å²) in [5.74, 6) is -2.60. The van der Waals surface area contributed by atoms with Crippen molar-refractivity contribution in [2.75, 3.05) is 13.2 Å². The van der Waals surface area contributed by atoms with Gasteiger partial charge in [0.2, 0.25) is 5.91 Å². The lowest BCUT2D eigenvalue weighted by Gasteiger charge is -2.24. The third-order valence-corrected chi connectivity index (χ3v) is 5.00. The lowest BCUT2D eigenvalue weighted by Crippen LogP contribution is -2.39.